The highest BCUT2D eigenvalue weighted by molar-refractivity contribution is 6.02. The number of rotatable bonds is 3. The second-order valence-corrected chi connectivity index (χ2v) is 7.37. The first-order valence-corrected chi connectivity index (χ1v) is 8.84. The number of anilines is 1. The maximum absolute atomic E-state index is 12.8. The zero-order valence-corrected chi connectivity index (χ0v) is 15.5. The number of fused-ring (bicyclic) bond motifs is 1. The van der Waals surface area contributed by atoms with E-state index in [0.717, 1.165) is 16.7 Å². The first-order chi connectivity index (χ1) is 12.9. The Labute approximate surface area is 157 Å². The fourth-order valence-electron chi connectivity index (χ4n) is 3.12. The van der Waals surface area contributed by atoms with E-state index in [1.54, 1.807) is 16.9 Å². The molecule has 0 fully saturated rings. The molecule has 0 unspecified atom stereocenters. The number of hydrogen-bond donors (Lipinski definition) is 1. The Morgan fingerprint density at radius 3 is 2.41 bits per heavy atom. The predicted octanol–water partition coefficient (Wildman–Crippen LogP) is 4.23. The van der Waals surface area contributed by atoms with Crippen LogP contribution in [0, 0.1) is 0 Å². The third-order valence-corrected chi connectivity index (χ3v) is 4.30. The summed E-state index contributed by atoms with van der Waals surface area (Å²) in [5.41, 5.74) is 2.83. The molecule has 2 heterocycles. The van der Waals surface area contributed by atoms with Crippen molar-refractivity contribution in [2.24, 2.45) is 0 Å². The molecule has 6 nitrogen and oxygen atoms in total. The average molecular weight is 359 g/mol. The molecule has 2 aromatic heterocycles. The molecule has 0 spiro atoms. The van der Waals surface area contributed by atoms with Gasteiger partial charge in [0, 0.05) is 11.7 Å². The molecule has 136 valence electrons. The average Bonchev–Trinajstić information content (AvgIpc) is 3.26. The molecule has 0 aliphatic carbocycles. The molecule has 0 radical (unpaired) electrons. The molecule has 0 aliphatic rings. The van der Waals surface area contributed by atoms with E-state index in [1.165, 1.54) is 0 Å². The van der Waals surface area contributed by atoms with E-state index in [1.807, 2.05) is 59.2 Å². The Morgan fingerprint density at radius 1 is 0.963 bits per heavy atom. The van der Waals surface area contributed by atoms with E-state index in [2.05, 4.69) is 36.2 Å². The van der Waals surface area contributed by atoms with E-state index >= 15 is 0 Å². The molecule has 0 saturated heterocycles. The quantitative estimate of drug-likeness (QED) is 0.595. The summed E-state index contributed by atoms with van der Waals surface area (Å²) in [5.74, 6) is 0.230. The highest BCUT2D eigenvalue weighted by atomic mass is 16.2. The number of hydrogen-bond acceptors (Lipinski definition) is 3. The minimum absolute atomic E-state index is 0.234. The Hall–Kier alpha value is -3.41. The Kier molecular flexibility index (Phi) is 4.03. The Morgan fingerprint density at radius 2 is 1.67 bits per heavy atom. The minimum Gasteiger partial charge on any atom is -0.305 e. The molecular weight excluding hydrogens is 338 g/mol. The summed E-state index contributed by atoms with van der Waals surface area (Å²) in [5, 5.41) is 7.31. The lowest BCUT2D eigenvalue weighted by atomic mass is 10.1. The van der Waals surface area contributed by atoms with Gasteiger partial charge >= 0.3 is 0 Å². The van der Waals surface area contributed by atoms with Crippen molar-refractivity contribution in [3.63, 3.8) is 0 Å². The molecule has 1 amide bonds. The minimum atomic E-state index is -0.287. The van der Waals surface area contributed by atoms with Gasteiger partial charge in [0.15, 0.2) is 5.69 Å². The summed E-state index contributed by atoms with van der Waals surface area (Å²) < 4.78 is 3.72. The Balaban J connectivity index is 1.67. The van der Waals surface area contributed by atoms with Crippen LogP contribution >= 0.6 is 0 Å². The SMILES string of the molecule is CC(C)(C)n1c(NC(=O)c2ccn(-c3ccccc3)n2)nc2ccccc21. The van der Waals surface area contributed by atoms with Crippen molar-refractivity contribution in [2.75, 3.05) is 5.32 Å². The van der Waals surface area contributed by atoms with Gasteiger partial charge in [-0.15, -0.1) is 0 Å². The van der Waals surface area contributed by atoms with E-state index in [0.29, 0.717) is 11.6 Å². The van der Waals surface area contributed by atoms with Crippen LogP contribution < -0.4 is 5.32 Å². The van der Waals surface area contributed by atoms with Crippen molar-refractivity contribution in [3.8, 4) is 5.69 Å². The van der Waals surface area contributed by atoms with E-state index in [-0.39, 0.29) is 11.4 Å². The van der Waals surface area contributed by atoms with Gasteiger partial charge in [0.05, 0.1) is 16.7 Å². The van der Waals surface area contributed by atoms with Gasteiger partial charge in [-0.05, 0) is 51.1 Å². The summed E-state index contributed by atoms with van der Waals surface area (Å²) in [4.78, 5) is 17.4. The normalized spacial score (nSPS) is 11.7. The van der Waals surface area contributed by atoms with Crippen LogP contribution in [0.15, 0.2) is 66.9 Å². The van der Waals surface area contributed by atoms with Crippen LogP contribution in [0.1, 0.15) is 31.3 Å². The van der Waals surface area contributed by atoms with Gasteiger partial charge in [-0.2, -0.15) is 5.10 Å². The third-order valence-electron chi connectivity index (χ3n) is 4.30. The number of benzene rings is 2. The number of nitrogens with one attached hydrogen (secondary N) is 1. The standard InChI is InChI=1S/C21H21N5O/c1-21(2,3)26-18-12-8-7-11-16(18)22-20(26)23-19(27)17-13-14-25(24-17)15-9-5-4-6-10-15/h4-14H,1-3H3,(H,22,23,27). The number of para-hydroxylation sites is 3. The first kappa shape index (κ1) is 17.0. The van der Waals surface area contributed by atoms with Crippen molar-refractivity contribution in [1.82, 2.24) is 19.3 Å². The molecule has 2 aromatic carbocycles. The molecule has 1 N–H and O–H groups in total. The molecule has 0 aliphatic heterocycles. The summed E-state index contributed by atoms with van der Waals surface area (Å²) in [7, 11) is 0. The fraction of sp³-hybridized carbons (Fsp3) is 0.190. The number of aromatic nitrogens is 4. The van der Waals surface area contributed by atoms with Crippen molar-refractivity contribution in [3.05, 3.63) is 72.6 Å². The topological polar surface area (TPSA) is 64.7 Å². The molecule has 0 bridgehead atoms. The highest BCUT2D eigenvalue weighted by Gasteiger charge is 2.23. The van der Waals surface area contributed by atoms with E-state index < -0.39 is 0 Å². The van der Waals surface area contributed by atoms with Gasteiger partial charge in [0.1, 0.15) is 0 Å². The highest BCUT2D eigenvalue weighted by Crippen LogP contribution is 2.28. The smallest absolute Gasteiger partial charge is 0.278 e. The summed E-state index contributed by atoms with van der Waals surface area (Å²) in [6, 6.07) is 19.2. The molecule has 0 atom stereocenters. The summed E-state index contributed by atoms with van der Waals surface area (Å²) >= 11 is 0. The van der Waals surface area contributed by atoms with Gasteiger partial charge in [-0.3, -0.25) is 10.1 Å². The number of amides is 1. The number of carbonyl (C=O) groups is 1. The molecule has 4 aromatic rings. The monoisotopic (exact) mass is 359 g/mol. The molecule has 4 rings (SSSR count). The van der Waals surface area contributed by atoms with Crippen LogP contribution in [0.5, 0.6) is 0 Å². The van der Waals surface area contributed by atoms with Gasteiger partial charge in [0.2, 0.25) is 5.95 Å². The van der Waals surface area contributed by atoms with Crippen molar-refractivity contribution in [2.45, 2.75) is 26.3 Å². The second kappa shape index (κ2) is 6.39. The lowest BCUT2D eigenvalue weighted by molar-refractivity contribution is 0.102. The molecule has 0 saturated carbocycles. The van der Waals surface area contributed by atoms with Crippen LogP contribution in [0.3, 0.4) is 0 Å². The van der Waals surface area contributed by atoms with Crippen molar-refractivity contribution < 1.29 is 4.79 Å². The summed E-state index contributed by atoms with van der Waals surface area (Å²) in [6.07, 6.45) is 1.77. The second-order valence-electron chi connectivity index (χ2n) is 7.37. The van der Waals surface area contributed by atoms with Crippen LogP contribution in [0.2, 0.25) is 0 Å². The molecule has 27 heavy (non-hydrogen) atoms. The molecule has 6 heteroatoms. The Bertz CT molecular complexity index is 1100. The number of nitrogens with zero attached hydrogens (tertiary/aromatic N) is 4. The van der Waals surface area contributed by atoms with Crippen molar-refractivity contribution in [1.29, 1.82) is 0 Å². The zero-order valence-electron chi connectivity index (χ0n) is 15.5. The third kappa shape index (κ3) is 3.21. The van der Waals surface area contributed by atoms with Crippen LogP contribution in [-0.4, -0.2) is 25.2 Å². The van der Waals surface area contributed by atoms with E-state index in [9.17, 15) is 4.79 Å². The lowest BCUT2D eigenvalue weighted by Gasteiger charge is -2.24. The van der Waals surface area contributed by atoms with Crippen LogP contribution in [0.25, 0.3) is 16.7 Å². The fourth-order valence-corrected chi connectivity index (χ4v) is 3.12. The lowest BCUT2D eigenvalue weighted by Crippen LogP contribution is -2.26. The first-order valence-electron chi connectivity index (χ1n) is 8.84. The predicted molar refractivity (Wildman–Crippen MR) is 106 cm³/mol. The zero-order chi connectivity index (χ0) is 19.0. The maximum atomic E-state index is 12.8. The van der Waals surface area contributed by atoms with Gasteiger partial charge in [-0.25, -0.2) is 9.67 Å². The van der Waals surface area contributed by atoms with Gasteiger partial charge < -0.3 is 4.57 Å². The van der Waals surface area contributed by atoms with E-state index in [4.69, 9.17) is 0 Å². The van der Waals surface area contributed by atoms with Crippen molar-refractivity contribution >= 4 is 22.9 Å². The molecular formula is C21H21N5O. The number of carbonyl (C=O) groups excluding carboxylic acids is 1. The largest absolute Gasteiger partial charge is 0.305 e. The van der Waals surface area contributed by atoms with Gasteiger partial charge in [0.25, 0.3) is 5.91 Å². The summed E-state index contributed by atoms with van der Waals surface area (Å²) in [6.45, 7) is 6.25. The number of imidazole rings is 1. The van der Waals surface area contributed by atoms with Gasteiger partial charge in [-0.1, -0.05) is 30.3 Å². The van der Waals surface area contributed by atoms with Crippen LogP contribution in [0.4, 0.5) is 5.95 Å². The van der Waals surface area contributed by atoms with Crippen LogP contribution in [-0.2, 0) is 5.54 Å². The maximum Gasteiger partial charge on any atom is 0.278 e.